The van der Waals surface area contributed by atoms with Gasteiger partial charge < -0.3 is 10.1 Å². The maximum absolute atomic E-state index is 11.7. The lowest BCUT2D eigenvalue weighted by Crippen LogP contribution is -2.44. The van der Waals surface area contributed by atoms with E-state index in [1.165, 1.54) is 19.3 Å². The van der Waals surface area contributed by atoms with Crippen molar-refractivity contribution in [2.24, 2.45) is 17.8 Å². The quantitative estimate of drug-likeness (QED) is 0.755. The predicted octanol–water partition coefficient (Wildman–Crippen LogP) is 1.59. The number of esters is 1. The summed E-state index contributed by atoms with van der Waals surface area (Å²) in [6.45, 7) is 3.18. The van der Waals surface area contributed by atoms with E-state index in [2.05, 4.69) is 10.6 Å². The molecule has 3 amide bonds. The molecule has 118 valence electrons. The SMILES string of the molecule is CC(C)NC(=O)NC(=O)COC(=O)C[C@H]1C[C@@H]2CC[C@H]1C2. The highest BCUT2D eigenvalue weighted by molar-refractivity contribution is 5.95. The van der Waals surface area contributed by atoms with Gasteiger partial charge in [0.05, 0.1) is 0 Å². The molecule has 0 radical (unpaired) electrons. The Morgan fingerprint density at radius 3 is 2.52 bits per heavy atom. The standard InChI is InChI=1S/C15H24N2O4/c1-9(2)16-15(20)17-13(18)8-21-14(19)7-12-6-10-3-4-11(12)5-10/h9-12H,3-8H2,1-2H3,(H2,16,17,18,20)/t10-,11+,12-/m1/s1. The number of hydrogen-bond donors (Lipinski definition) is 2. The van der Waals surface area contributed by atoms with Gasteiger partial charge >= 0.3 is 12.0 Å². The van der Waals surface area contributed by atoms with Crippen molar-refractivity contribution in [1.82, 2.24) is 10.6 Å². The molecule has 0 aromatic heterocycles. The zero-order valence-electron chi connectivity index (χ0n) is 12.7. The monoisotopic (exact) mass is 296 g/mol. The van der Waals surface area contributed by atoms with E-state index in [1.807, 2.05) is 0 Å². The summed E-state index contributed by atoms with van der Waals surface area (Å²) in [5.41, 5.74) is 0. The molecule has 0 aromatic rings. The summed E-state index contributed by atoms with van der Waals surface area (Å²) < 4.78 is 4.95. The van der Waals surface area contributed by atoms with E-state index in [0.717, 1.165) is 12.3 Å². The van der Waals surface area contributed by atoms with Crippen molar-refractivity contribution in [3.8, 4) is 0 Å². The number of carbonyl (C=O) groups excluding carboxylic acids is 3. The number of nitrogens with one attached hydrogen (secondary N) is 2. The van der Waals surface area contributed by atoms with Crippen LogP contribution in [-0.2, 0) is 14.3 Å². The zero-order chi connectivity index (χ0) is 15.4. The molecule has 6 nitrogen and oxygen atoms in total. The molecule has 2 aliphatic carbocycles. The molecule has 2 rings (SSSR count). The van der Waals surface area contributed by atoms with Crippen LogP contribution in [0.1, 0.15) is 46.0 Å². The Bertz CT molecular complexity index is 422. The molecule has 2 N–H and O–H groups in total. The van der Waals surface area contributed by atoms with Gasteiger partial charge in [0.25, 0.3) is 5.91 Å². The van der Waals surface area contributed by atoms with Crippen LogP contribution in [0.3, 0.4) is 0 Å². The van der Waals surface area contributed by atoms with E-state index in [9.17, 15) is 14.4 Å². The second kappa shape index (κ2) is 6.91. The Morgan fingerprint density at radius 2 is 1.95 bits per heavy atom. The minimum absolute atomic E-state index is 0.0573. The van der Waals surface area contributed by atoms with E-state index in [-0.39, 0.29) is 12.0 Å². The maximum Gasteiger partial charge on any atom is 0.321 e. The molecule has 0 saturated heterocycles. The Balaban J connectivity index is 1.62. The first-order valence-electron chi connectivity index (χ1n) is 7.70. The lowest BCUT2D eigenvalue weighted by molar-refractivity contribution is -0.149. The predicted molar refractivity (Wildman–Crippen MR) is 76.3 cm³/mol. The molecule has 2 fully saturated rings. The van der Waals surface area contributed by atoms with Crippen LogP contribution in [0.4, 0.5) is 4.79 Å². The first-order valence-corrected chi connectivity index (χ1v) is 7.70. The molecule has 0 aromatic carbocycles. The lowest BCUT2D eigenvalue weighted by atomic mass is 9.86. The van der Waals surface area contributed by atoms with Gasteiger partial charge in [-0.25, -0.2) is 4.79 Å². The minimum atomic E-state index is -0.602. The minimum Gasteiger partial charge on any atom is -0.456 e. The number of amides is 3. The Kier molecular flexibility index (Phi) is 5.20. The molecule has 0 aliphatic heterocycles. The van der Waals surface area contributed by atoms with Gasteiger partial charge in [0.1, 0.15) is 0 Å². The molecule has 0 spiro atoms. The fourth-order valence-electron chi connectivity index (χ4n) is 3.51. The number of fused-ring (bicyclic) bond motifs is 2. The lowest BCUT2D eigenvalue weighted by Gasteiger charge is -2.20. The highest BCUT2D eigenvalue weighted by Crippen LogP contribution is 2.49. The number of ether oxygens (including phenoxy) is 1. The molecular formula is C15H24N2O4. The Labute approximate surface area is 125 Å². The van der Waals surface area contributed by atoms with Crippen LogP contribution in [0.5, 0.6) is 0 Å². The fourth-order valence-corrected chi connectivity index (χ4v) is 3.51. The third kappa shape index (κ3) is 4.72. The van der Waals surface area contributed by atoms with Gasteiger partial charge in [-0.3, -0.25) is 14.9 Å². The molecule has 0 heterocycles. The van der Waals surface area contributed by atoms with Gasteiger partial charge in [-0.15, -0.1) is 0 Å². The number of urea groups is 1. The number of carbonyl (C=O) groups is 3. The second-order valence-corrected chi connectivity index (χ2v) is 6.48. The molecule has 6 heteroatoms. The molecule has 21 heavy (non-hydrogen) atoms. The average Bonchev–Trinajstić information content (AvgIpc) is 2.97. The van der Waals surface area contributed by atoms with E-state index in [1.54, 1.807) is 13.8 Å². The summed E-state index contributed by atoms with van der Waals surface area (Å²) in [5.74, 6) is 0.925. The number of hydrogen-bond acceptors (Lipinski definition) is 4. The molecule has 2 bridgehead atoms. The fraction of sp³-hybridized carbons (Fsp3) is 0.800. The average molecular weight is 296 g/mol. The van der Waals surface area contributed by atoms with Gasteiger partial charge in [-0.2, -0.15) is 0 Å². The first-order chi connectivity index (χ1) is 9.94. The Morgan fingerprint density at radius 1 is 1.19 bits per heavy atom. The Hall–Kier alpha value is -1.59. The topological polar surface area (TPSA) is 84.5 Å². The maximum atomic E-state index is 11.7. The van der Waals surface area contributed by atoms with Crippen molar-refractivity contribution < 1.29 is 19.1 Å². The van der Waals surface area contributed by atoms with Crippen LogP contribution >= 0.6 is 0 Å². The van der Waals surface area contributed by atoms with Crippen LogP contribution in [0.2, 0.25) is 0 Å². The number of rotatable bonds is 5. The van der Waals surface area contributed by atoms with E-state index < -0.39 is 18.5 Å². The third-order valence-electron chi connectivity index (χ3n) is 4.35. The summed E-state index contributed by atoms with van der Waals surface area (Å²) in [5, 5.41) is 4.65. The third-order valence-corrected chi connectivity index (χ3v) is 4.35. The smallest absolute Gasteiger partial charge is 0.321 e. The van der Waals surface area contributed by atoms with Crippen LogP contribution < -0.4 is 10.6 Å². The number of imide groups is 1. The van der Waals surface area contributed by atoms with Crippen LogP contribution in [0.15, 0.2) is 0 Å². The highest BCUT2D eigenvalue weighted by atomic mass is 16.5. The summed E-state index contributed by atoms with van der Waals surface area (Å²) in [6.07, 6.45) is 5.27. The van der Waals surface area contributed by atoms with E-state index in [4.69, 9.17) is 4.74 Å². The van der Waals surface area contributed by atoms with E-state index in [0.29, 0.717) is 18.3 Å². The van der Waals surface area contributed by atoms with Crippen molar-refractivity contribution in [1.29, 1.82) is 0 Å². The summed E-state index contributed by atoms with van der Waals surface area (Å²) in [7, 11) is 0. The van der Waals surface area contributed by atoms with Gasteiger partial charge in [-0.05, 0) is 50.9 Å². The highest BCUT2D eigenvalue weighted by Gasteiger charge is 2.40. The van der Waals surface area contributed by atoms with Crippen molar-refractivity contribution >= 4 is 17.9 Å². The summed E-state index contributed by atoms with van der Waals surface area (Å²) >= 11 is 0. The zero-order valence-corrected chi connectivity index (χ0v) is 12.7. The van der Waals surface area contributed by atoms with Gasteiger partial charge in [-0.1, -0.05) is 6.42 Å². The largest absolute Gasteiger partial charge is 0.456 e. The summed E-state index contributed by atoms with van der Waals surface area (Å²) in [6, 6.07) is -0.628. The van der Waals surface area contributed by atoms with E-state index >= 15 is 0 Å². The molecule has 2 aliphatic rings. The normalized spacial score (nSPS) is 26.7. The van der Waals surface area contributed by atoms with Crippen molar-refractivity contribution in [2.75, 3.05) is 6.61 Å². The first kappa shape index (κ1) is 15.8. The molecule has 0 unspecified atom stereocenters. The van der Waals surface area contributed by atoms with Gasteiger partial charge in [0, 0.05) is 12.5 Å². The van der Waals surface area contributed by atoms with Gasteiger partial charge in [0.15, 0.2) is 6.61 Å². The van der Waals surface area contributed by atoms with Crippen molar-refractivity contribution in [2.45, 2.75) is 52.0 Å². The second-order valence-electron chi connectivity index (χ2n) is 6.48. The van der Waals surface area contributed by atoms with Crippen LogP contribution in [0.25, 0.3) is 0 Å². The van der Waals surface area contributed by atoms with Gasteiger partial charge in [0.2, 0.25) is 0 Å². The molecule has 3 atom stereocenters. The molecule has 2 saturated carbocycles. The van der Waals surface area contributed by atoms with Crippen molar-refractivity contribution in [3.63, 3.8) is 0 Å². The van der Waals surface area contributed by atoms with Crippen LogP contribution in [-0.4, -0.2) is 30.6 Å². The molecular weight excluding hydrogens is 272 g/mol. The van der Waals surface area contributed by atoms with Crippen molar-refractivity contribution in [3.05, 3.63) is 0 Å². The van der Waals surface area contributed by atoms with Crippen LogP contribution in [0, 0.1) is 17.8 Å². The summed E-state index contributed by atoms with van der Waals surface area (Å²) in [4.78, 5) is 34.5.